The molecule has 0 aliphatic heterocycles. The Morgan fingerprint density at radius 3 is 2.76 bits per heavy atom. The molecule has 1 rings (SSSR count). The Bertz CT molecular complexity index is 373. The molecule has 0 heterocycles. The fraction of sp³-hybridized carbons (Fsp3) is 0.417. The molecule has 94 valence electrons. The summed E-state index contributed by atoms with van der Waals surface area (Å²) in [7, 11) is 0. The third-order valence-electron chi connectivity index (χ3n) is 2.29. The molecule has 1 aromatic rings. The maximum Gasteiger partial charge on any atom is 0.233 e. The van der Waals surface area contributed by atoms with Crippen LogP contribution in [0.15, 0.2) is 29.2 Å². The van der Waals surface area contributed by atoms with Gasteiger partial charge in [0, 0.05) is 18.0 Å². The lowest BCUT2D eigenvalue weighted by atomic mass is 10.4. The molecule has 17 heavy (non-hydrogen) atoms. The van der Waals surface area contributed by atoms with Crippen LogP contribution in [0.1, 0.15) is 6.92 Å². The van der Waals surface area contributed by atoms with Crippen molar-refractivity contribution < 1.29 is 9.90 Å². The number of carbonyl (C=O) groups excluding carboxylic acids is 1. The van der Waals surface area contributed by atoms with E-state index in [0.29, 0.717) is 23.9 Å². The van der Waals surface area contributed by atoms with E-state index in [1.807, 2.05) is 25.1 Å². The Morgan fingerprint density at radius 2 is 2.18 bits per heavy atom. The standard InChI is InChI=1S/C12H16ClNO2S/c1-2-14(7-8-15)12(16)9-17-11-6-4-3-5-10(11)13/h3-6,15H,2,7-9H2,1H3. The molecule has 0 unspecified atom stereocenters. The molecule has 3 nitrogen and oxygen atoms in total. The van der Waals surface area contributed by atoms with Gasteiger partial charge >= 0.3 is 0 Å². The predicted molar refractivity (Wildman–Crippen MR) is 71.5 cm³/mol. The van der Waals surface area contributed by atoms with Gasteiger partial charge in [-0.2, -0.15) is 0 Å². The van der Waals surface area contributed by atoms with Gasteiger partial charge in [-0.1, -0.05) is 23.7 Å². The average Bonchev–Trinajstić information content (AvgIpc) is 2.34. The molecule has 0 aromatic heterocycles. The monoisotopic (exact) mass is 273 g/mol. The molecule has 1 amide bonds. The number of carbonyl (C=O) groups is 1. The topological polar surface area (TPSA) is 40.5 Å². The SMILES string of the molecule is CCN(CCO)C(=O)CSc1ccccc1Cl. The number of aliphatic hydroxyl groups excluding tert-OH is 1. The smallest absolute Gasteiger partial charge is 0.233 e. The second-order valence-electron chi connectivity index (χ2n) is 3.42. The number of halogens is 1. The average molecular weight is 274 g/mol. The normalized spacial score (nSPS) is 10.3. The molecule has 5 heteroatoms. The molecule has 0 atom stereocenters. The van der Waals surface area contributed by atoms with Gasteiger partial charge in [0.1, 0.15) is 0 Å². The van der Waals surface area contributed by atoms with E-state index < -0.39 is 0 Å². The maximum atomic E-state index is 11.8. The van der Waals surface area contributed by atoms with Crippen LogP contribution in [0.4, 0.5) is 0 Å². The van der Waals surface area contributed by atoms with Crippen molar-refractivity contribution >= 4 is 29.3 Å². The van der Waals surface area contributed by atoms with E-state index in [2.05, 4.69) is 0 Å². The van der Waals surface area contributed by atoms with Crippen molar-refractivity contribution in [1.82, 2.24) is 4.90 Å². The molecule has 0 aliphatic carbocycles. The minimum atomic E-state index is -0.00363. The second-order valence-corrected chi connectivity index (χ2v) is 4.84. The van der Waals surface area contributed by atoms with Crippen LogP contribution in [0.5, 0.6) is 0 Å². The van der Waals surface area contributed by atoms with Crippen LogP contribution in [0.2, 0.25) is 5.02 Å². The van der Waals surface area contributed by atoms with Crippen LogP contribution in [0.3, 0.4) is 0 Å². The maximum absolute atomic E-state index is 11.8. The second kappa shape index (κ2) is 7.58. The van der Waals surface area contributed by atoms with E-state index in [-0.39, 0.29) is 12.5 Å². The van der Waals surface area contributed by atoms with Crippen molar-refractivity contribution in [2.24, 2.45) is 0 Å². The van der Waals surface area contributed by atoms with Crippen molar-refractivity contribution in [3.8, 4) is 0 Å². The van der Waals surface area contributed by atoms with Crippen molar-refractivity contribution in [2.75, 3.05) is 25.4 Å². The molecule has 0 saturated carbocycles. The highest BCUT2D eigenvalue weighted by molar-refractivity contribution is 8.00. The van der Waals surface area contributed by atoms with Gasteiger partial charge in [0.05, 0.1) is 17.4 Å². The first-order valence-electron chi connectivity index (χ1n) is 5.45. The van der Waals surface area contributed by atoms with Crippen molar-refractivity contribution in [2.45, 2.75) is 11.8 Å². The Balaban J connectivity index is 2.50. The summed E-state index contributed by atoms with van der Waals surface area (Å²) in [5.41, 5.74) is 0. The summed E-state index contributed by atoms with van der Waals surface area (Å²) in [6, 6.07) is 7.45. The molecule has 0 bridgehead atoms. The lowest BCUT2D eigenvalue weighted by molar-refractivity contribution is -0.128. The van der Waals surface area contributed by atoms with Crippen LogP contribution in [-0.2, 0) is 4.79 Å². The number of benzene rings is 1. The molecule has 0 fully saturated rings. The zero-order valence-electron chi connectivity index (χ0n) is 9.73. The molecule has 0 aliphatic rings. The van der Waals surface area contributed by atoms with Crippen LogP contribution in [0, 0.1) is 0 Å². The summed E-state index contributed by atoms with van der Waals surface area (Å²) in [5.74, 6) is 0.365. The lowest BCUT2D eigenvalue weighted by Gasteiger charge is -2.19. The summed E-state index contributed by atoms with van der Waals surface area (Å²) < 4.78 is 0. The lowest BCUT2D eigenvalue weighted by Crippen LogP contribution is -2.34. The summed E-state index contributed by atoms with van der Waals surface area (Å²) >= 11 is 7.42. The molecule has 0 saturated heterocycles. The van der Waals surface area contributed by atoms with E-state index in [4.69, 9.17) is 16.7 Å². The van der Waals surface area contributed by atoms with Crippen LogP contribution in [0.25, 0.3) is 0 Å². The molecule has 0 spiro atoms. The number of aliphatic hydroxyl groups is 1. The molecule has 1 aromatic carbocycles. The highest BCUT2D eigenvalue weighted by Crippen LogP contribution is 2.26. The van der Waals surface area contributed by atoms with Gasteiger partial charge in [-0.15, -0.1) is 11.8 Å². The summed E-state index contributed by atoms with van der Waals surface area (Å²) in [6.07, 6.45) is 0. The van der Waals surface area contributed by atoms with Gasteiger partial charge in [0.15, 0.2) is 0 Å². The Labute approximate surface area is 111 Å². The zero-order chi connectivity index (χ0) is 12.7. The number of hydrogen-bond donors (Lipinski definition) is 1. The summed E-state index contributed by atoms with van der Waals surface area (Å²) in [5, 5.41) is 9.49. The Kier molecular flexibility index (Phi) is 6.40. The van der Waals surface area contributed by atoms with E-state index >= 15 is 0 Å². The van der Waals surface area contributed by atoms with E-state index in [1.54, 1.807) is 11.0 Å². The number of thioether (sulfide) groups is 1. The number of hydrogen-bond acceptors (Lipinski definition) is 3. The number of amides is 1. The van der Waals surface area contributed by atoms with Crippen molar-refractivity contribution in [1.29, 1.82) is 0 Å². The fourth-order valence-electron chi connectivity index (χ4n) is 1.37. The molecular weight excluding hydrogens is 258 g/mol. The Hall–Kier alpha value is -0.710. The summed E-state index contributed by atoms with van der Waals surface area (Å²) in [4.78, 5) is 14.3. The minimum absolute atomic E-state index is 0.00363. The van der Waals surface area contributed by atoms with E-state index in [1.165, 1.54) is 11.8 Å². The molecule has 0 radical (unpaired) electrons. The first kappa shape index (κ1) is 14.4. The molecular formula is C12H16ClNO2S. The number of rotatable bonds is 6. The fourth-order valence-corrected chi connectivity index (χ4v) is 2.51. The first-order chi connectivity index (χ1) is 8.19. The third kappa shape index (κ3) is 4.58. The van der Waals surface area contributed by atoms with Gasteiger partial charge < -0.3 is 10.0 Å². The zero-order valence-corrected chi connectivity index (χ0v) is 11.3. The number of likely N-dealkylation sites (N-methyl/N-ethyl adjacent to an activating group) is 1. The largest absolute Gasteiger partial charge is 0.395 e. The Morgan fingerprint density at radius 1 is 1.47 bits per heavy atom. The van der Waals surface area contributed by atoms with Gasteiger partial charge in [-0.25, -0.2) is 0 Å². The molecule has 1 N–H and O–H groups in total. The van der Waals surface area contributed by atoms with Gasteiger partial charge in [0.2, 0.25) is 5.91 Å². The van der Waals surface area contributed by atoms with Crippen molar-refractivity contribution in [3.63, 3.8) is 0 Å². The van der Waals surface area contributed by atoms with Crippen LogP contribution >= 0.6 is 23.4 Å². The minimum Gasteiger partial charge on any atom is -0.395 e. The van der Waals surface area contributed by atoms with Gasteiger partial charge in [-0.3, -0.25) is 4.79 Å². The number of nitrogens with zero attached hydrogens (tertiary/aromatic N) is 1. The third-order valence-corrected chi connectivity index (χ3v) is 3.79. The van der Waals surface area contributed by atoms with Gasteiger partial charge in [0.25, 0.3) is 0 Å². The summed E-state index contributed by atoms with van der Waals surface area (Å²) in [6.45, 7) is 2.89. The van der Waals surface area contributed by atoms with E-state index in [0.717, 1.165) is 4.90 Å². The highest BCUT2D eigenvalue weighted by Gasteiger charge is 2.11. The quantitative estimate of drug-likeness (QED) is 0.809. The van der Waals surface area contributed by atoms with Crippen molar-refractivity contribution in [3.05, 3.63) is 29.3 Å². The van der Waals surface area contributed by atoms with Crippen LogP contribution < -0.4 is 0 Å². The predicted octanol–water partition coefficient (Wildman–Crippen LogP) is 2.27. The van der Waals surface area contributed by atoms with Crippen LogP contribution in [-0.4, -0.2) is 41.4 Å². The van der Waals surface area contributed by atoms with E-state index in [9.17, 15) is 4.79 Å². The van der Waals surface area contributed by atoms with Gasteiger partial charge in [-0.05, 0) is 19.1 Å². The first-order valence-corrected chi connectivity index (χ1v) is 6.81. The highest BCUT2D eigenvalue weighted by atomic mass is 35.5.